The van der Waals surface area contributed by atoms with E-state index in [-0.39, 0.29) is 43.5 Å². The van der Waals surface area contributed by atoms with E-state index in [1.165, 1.54) is 4.90 Å². The molecular weight excluding hydrogens is 536 g/mol. The van der Waals surface area contributed by atoms with Crippen molar-refractivity contribution in [2.75, 3.05) is 45.8 Å². The van der Waals surface area contributed by atoms with Crippen molar-refractivity contribution in [1.29, 1.82) is 0 Å². The Kier molecular flexibility index (Phi) is 8.56. The number of hydrogen-bond acceptors (Lipinski definition) is 6. The number of rotatable bonds is 8. The van der Waals surface area contributed by atoms with Crippen molar-refractivity contribution in [3.8, 4) is 11.5 Å². The standard InChI is InChI=1S/C31H40N6O5/c1-6-33(3)30(39)34-12-9-22(15-21(34)2)16-23-10-14-37-26(17-23)27(19-32-37)35-13-11-29(38)36(31(35)40)20-24-7-8-25(41-4)18-28(24)42-5/h7-8,10,14,17-19,21-22H,6,9,11-13,15-16,20H2,1-5H3/t21-,22+/m0/s1. The molecule has 42 heavy (non-hydrogen) atoms. The second-order valence-corrected chi connectivity index (χ2v) is 11.2. The van der Waals surface area contributed by atoms with Crippen LogP contribution in [-0.4, -0.2) is 89.2 Å². The van der Waals surface area contributed by atoms with Crippen LogP contribution >= 0.6 is 0 Å². The average molecular weight is 577 g/mol. The number of urea groups is 2. The van der Waals surface area contributed by atoms with Crippen molar-refractivity contribution in [3.05, 3.63) is 53.9 Å². The summed E-state index contributed by atoms with van der Waals surface area (Å²) in [7, 11) is 4.97. The summed E-state index contributed by atoms with van der Waals surface area (Å²) >= 11 is 0. The number of fused-ring (bicyclic) bond motifs is 1. The van der Waals surface area contributed by atoms with Crippen molar-refractivity contribution >= 4 is 29.2 Å². The van der Waals surface area contributed by atoms with Crippen LogP contribution in [0.1, 0.15) is 44.2 Å². The highest BCUT2D eigenvalue weighted by atomic mass is 16.5. The van der Waals surface area contributed by atoms with Crippen LogP contribution in [0.2, 0.25) is 0 Å². The Morgan fingerprint density at radius 1 is 1.12 bits per heavy atom. The minimum Gasteiger partial charge on any atom is -0.497 e. The molecule has 0 N–H and O–H groups in total. The van der Waals surface area contributed by atoms with Crippen LogP contribution < -0.4 is 14.4 Å². The summed E-state index contributed by atoms with van der Waals surface area (Å²) in [6, 6.07) is 9.39. The van der Waals surface area contributed by atoms with E-state index in [2.05, 4.69) is 24.2 Å². The van der Waals surface area contributed by atoms with Gasteiger partial charge in [0.1, 0.15) is 11.5 Å². The molecular formula is C31H40N6O5. The number of ether oxygens (including phenoxy) is 2. The van der Waals surface area contributed by atoms with Gasteiger partial charge in [-0.1, -0.05) is 0 Å². The minimum absolute atomic E-state index is 0.0953. The van der Waals surface area contributed by atoms with E-state index in [1.807, 2.05) is 31.1 Å². The Morgan fingerprint density at radius 2 is 1.93 bits per heavy atom. The van der Waals surface area contributed by atoms with Gasteiger partial charge in [0.15, 0.2) is 0 Å². The molecule has 5 rings (SSSR count). The SMILES string of the molecule is CCN(C)C(=O)N1CC[C@@H](Cc2ccn3ncc(N4CCC(=O)N(Cc5ccc(OC)cc5OC)C4=O)c3c2)C[C@@H]1C. The van der Waals surface area contributed by atoms with E-state index in [0.717, 1.165) is 36.9 Å². The van der Waals surface area contributed by atoms with Crippen molar-refractivity contribution in [3.63, 3.8) is 0 Å². The molecule has 224 valence electrons. The molecule has 0 saturated carbocycles. The van der Waals surface area contributed by atoms with Crippen LogP contribution in [0.25, 0.3) is 5.52 Å². The molecule has 2 aromatic heterocycles. The van der Waals surface area contributed by atoms with Crippen molar-refractivity contribution in [1.82, 2.24) is 24.3 Å². The Labute approximate surface area is 246 Å². The van der Waals surface area contributed by atoms with Gasteiger partial charge in [0.05, 0.1) is 38.2 Å². The van der Waals surface area contributed by atoms with Gasteiger partial charge >= 0.3 is 12.1 Å². The van der Waals surface area contributed by atoms with Gasteiger partial charge in [-0.2, -0.15) is 5.10 Å². The summed E-state index contributed by atoms with van der Waals surface area (Å²) in [6.45, 7) is 5.94. The molecule has 2 fully saturated rings. The normalized spacial score (nSPS) is 19.4. The Morgan fingerprint density at radius 3 is 2.64 bits per heavy atom. The highest BCUT2D eigenvalue weighted by Crippen LogP contribution is 2.32. The lowest BCUT2D eigenvalue weighted by Crippen LogP contribution is -2.52. The molecule has 5 amide bonds. The largest absolute Gasteiger partial charge is 0.497 e. The summed E-state index contributed by atoms with van der Waals surface area (Å²) in [4.78, 5) is 46.0. The summed E-state index contributed by atoms with van der Waals surface area (Å²) < 4.78 is 12.5. The molecule has 2 aliphatic rings. The molecule has 11 heteroatoms. The number of benzene rings is 1. The number of amides is 5. The monoisotopic (exact) mass is 576 g/mol. The molecule has 0 radical (unpaired) electrons. The number of anilines is 1. The first-order valence-corrected chi connectivity index (χ1v) is 14.5. The molecule has 4 heterocycles. The zero-order valence-electron chi connectivity index (χ0n) is 25.1. The number of hydrogen-bond donors (Lipinski definition) is 0. The van der Waals surface area contributed by atoms with Crippen molar-refractivity contribution < 1.29 is 23.9 Å². The molecule has 2 atom stereocenters. The molecule has 2 saturated heterocycles. The minimum atomic E-state index is -0.382. The van der Waals surface area contributed by atoms with Crippen LogP contribution in [-0.2, 0) is 17.8 Å². The molecule has 11 nitrogen and oxygen atoms in total. The number of carbonyl (C=O) groups excluding carboxylic acids is 3. The van der Waals surface area contributed by atoms with Gasteiger partial charge in [-0.15, -0.1) is 0 Å². The first kappa shape index (κ1) is 29.2. The number of methoxy groups -OCH3 is 2. The fourth-order valence-electron chi connectivity index (χ4n) is 6.00. The maximum absolute atomic E-state index is 13.7. The highest BCUT2D eigenvalue weighted by molar-refractivity contribution is 6.07. The molecule has 1 aromatic carbocycles. The number of pyridine rings is 1. The predicted molar refractivity (Wildman–Crippen MR) is 159 cm³/mol. The molecule has 2 aliphatic heterocycles. The lowest BCUT2D eigenvalue weighted by molar-refractivity contribution is -0.129. The third-order valence-corrected chi connectivity index (χ3v) is 8.55. The van der Waals surface area contributed by atoms with Crippen LogP contribution in [0.4, 0.5) is 15.3 Å². The maximum Gasteiger partial charge on any atom is 0.331 e. The summed E-state index contributed by atoms with van der Waals surface area (Å²) in [5.41, 5.74) is 3.37. The highest BCUT2D eigenvalue weighted by Gasteiger charge is 2.35. The molecule has 0 aliphatic carbocycles. The van der Waals surface area contributed by atoms with E-state index in [0.29, 0.717) is 35.2 Å². The second-order valence-electron chi connectivity index (χ2n) is 11.2. The molecule has 0 spiro atoms. The van der Waals surface area contributed by atoms with Crippen molar-refractivity contribution in [2.45, 2.75) is 52.1 Å². The Balaban J connectivity index is 1.32. The maximum atomic E-state index is 13.7. The number of imide groups is 1. The topological polar surface area (TPSA) is 99.9 Å². The molecule has 3 aromatic rings. The first-order valence-electron chi connectivity index (χ1n) is 14.5. The van der Waals surface area contributed by atoms with Gasteiger partial charge < -0.3 is 19.3 Å². The van der Waals surface area contributed by atoms with Gasteiger partial charge in [-0.3, -0.25) is 14.6 Å². The molecule has 0 unspecified atom stereocenters. The number of likely N-dealkylation sites (tertiary alicyclic amines) is 1. The van der Waals surface area contributed by atoms with E-state index in [9.17, 15) is 14.4 Å². The van der Waals surface area contributed by atoms with E-state index in [1.54, 1.807) is 46.9 Å². The first-order chi connectivity index (χ1) is 20.2. The fourth-order valence-corrected chi connectivity index (χ4v) is 6.00. The van der Waals surface area contributed by atoms with Gasteiger partial charge in [0.25, 0.3) is 0 Å². The van der Waals surface area contributed by atoms with Gasteiger partial charge in [0, 0.05) is 57.0 Å². The third-order valence-electron chi connectivity index (χ3n) is 8.55. The van der Waals surface area contributed by atoms with Crippen molar-refractivity contribution in [2.24, 2.45) is 5.92 Å². The zero-order chi connectivity index (χ0) is 30.0. The second kappa shape index (κ2) is 12.3. The van der Waals surface area contributed by atoms with E-state index < -0.39 is 0 Å². The van der Waals surface area contributed by atoms with Crippen LogP contribution in [0.15, 0.2) is 42.7 Å². The number of aromatic nitrogens is 2. The quantitative estimate of drug-likeness (QED) is 0.394. The fraction of sp³-hybridized carbons (Fsp3) is 0.484. The third kappa shape index (κ3) is 5.73. The Bertz CT molecular complexity index is 1470. The summed E-state index contributed by atoms with van der Waals surface area (Å²) in [5, 5.41) is 4.49. The average Bonchev–Trinajstić information content (AvgIpc) is 3.41. The van der Waals surface area contributed by atoms with Crippen LogP contribution in [0.3, 0.4) is 0 Å². The number of carbonyl (C=O) groups is 3. The van der Waals surface area contributed by atoms with E-state index >= 15 is 0 Å². The van der Waals surface area contributed by atoms with Crippen LogP contribution in [0, 0.1) is 5.92 Å². The zero-order valence-corrected chi connectivity index (χ0v) is 25.1. The lowest BCUT2D eigenvalue weighted by atomic mass is 9.87. The van der Waals surface area contributed by atoms with Gasteiger partial charge in [-0.25, -0.2) is 14.1 Å². The van der Waals surface area contributed by atoms with Gasteiger partial charge in [-0.05, 0) is 68.9 Å². The smallest absolute Gasteiger partial charge is 0.331 e. The Hall–Kier alpha value is -4.28. The lowest BCUT2D eigenvalue weighted by Gasteiger charge is -2.39. The van der Waals surface area contributed by atoms with E-state index in [4.69, 9.17) is 9.47 Å². The summed E-state index contributed by atoms with van der Waals surface area (Å²) in [5.74, 6) is 1.41. The molecule has 0 bridgehead atoms. The van der Waals surface area contributed by atoms with Gasteiger partial charge in [0.2, 0.25) is 5.91 Å². The summed E-state index contributed by atoms with van der Waals surface area (Å²) in [6.07, 6.45) is 6.59. The van der Waals surface area contributed by atoms with Crippen LogP contribution in [0.5, 0.6) is 11.5 Å². The number of nitrogens with zero attached hydrogens (tertiary/aromatic N) is 6. The predicted octanol–water partition coefficient (Wildman–Crippen LogP) is 4.43. The number of piperidine rings is 1.